The van der Waals surface area contributed by atoms with Crippen molar-refractivity contribution in [3.63, 3.8) is 0 Å². The highest BCUT2D eigenvalue weighted by molar-refractivity contribution is 6.30. The topological polar surface area (TPSA) is 3.24 Å². The molecule has 0 heterocycles. The number of nitrogens with zero attached hydrogens (tertiary/aromatic N) is 1. The molecule has 0 N–H and O–H groups in total. The highest BCUT2D eigenvalue weighted by atomic mass is 35.5. The normalized spacial score (nSPS) is 14.0. The number of hydrogen-bond donors (Lipinski definition) is 0. The first-order valence-electron chi connectivity index (χ1n) is 10.6. The Balaban J connectivity index is 2.74. The zero-order valence-corrected chi connectivity index (χ0v) is 17.8. The number of benzene rings is 1. The maximum Gasteiger partial charge on any atom is 0.0406 e. The molecule has 0 radical (unpaired) electrons. The van der Waals surface area contributed by atoms with Crippen LogP contribution in [0.1, 0.15) is 84.6 Å². The Bertz CT molecular complexity index is 410. The van der Waals surface area contributed by atoms with Crippen molar-refractivity contribution < 1.29 is 0 Å². The molecule has 1 aromatic carbocycles. The maximum atomic E-state index is 6.06. The zero-order chi connectivity index (χ0) is 18.5. The first-order chi connectivity index (χ1) is 12.1. The van der Waals surface area contributed by atoms with Gasteiger partial charge in [0.1, 0.15) is 0 Å². The van der Waals surface area contributed by atoms with Gasteiger partial charge in [-0.15, -0.1) is 0 Å². The Morgan fingerprint density at radius 3 is 1.68 bits per heavy atom. The van der Waals surface area contributed by atoms with Gasteiger partial charge < -0.3 is 0 Å². The van der Waals surface area contributed by atoms with Gasteiger partial charge in [-0.2, -0.15) is 0 Å². The third-order valence-electron chi connectivity index (χ3n) is 5.44. The Kier molecular flexibility index (Phi) is 12.3. The fourth-order valence-corrected chi connectivity index (χ4v) is 3.74. The van der Waals surface area contributed by atoms with Gasteiger partial charge >= 0.3 is 0 Å². The van der Waals surface area contributed by atoms with Gasteiger partial charge in [0.05, 0.1) is 0 Å². The van der Waals surface area contributed by atoms with E-state index < -0.39 is 0 Å². The van der Waals surface area contributed by atoms with E-state index in [2.05, 4.69) is 44.7 Å². The molecule has 2 heteroatoms. The molecule has 0 bridgehead atoms. The Hall–Kier alpha value is -0.530. The Morgan fingerprint density at radius 1 is 0.800 bits per heavy atom. The molecule has 0 aliphatic heterocycles. The average molecular weight is 366 g/mol. The van der Waals surface area contributed by atoms with Crippen LogP contribution in [0, 0.1) is 11.8 Å². The van der Waals surface area contributed by atoms with Gasteiger partial charge in [-0.25, -0.2) is 0 Å². The second-order valence-electron chi connectivity index (χ2n) is 7.65. The van der Waals surface area contributed by atoms with Crippen molar-refractivity contribution >= 4 is 11.6 Å². The van der Waals surface area contributed by atoms with Crippen LogP contribution in [0.2, 0.25) is 5.02 Å². The summed E-state index contributed by atoms with van der Waals surface area (Å²) in [6.45, 7) is 12.8. The maximum absolute atomic E-state index is 6.06. The molecule has 144 valence electrons. The molecule has 0 amide bonds. The minimum atomic E-state index is 0.830. The third kappa shape index (κ3) is 9.66. The summed E-state index contributed by atoms with van der Waals surface area (Å²) < 4.78 is 0. The van der Waals surface area contributed by atoms with E-state index in [0.29, 0.717) is 0 Å². The summed E-state index contributed by atoms with van der Waals surface area (Å²) in [4.78, 5) is 2.72. The van der Waals surface area contributed by atoms with Gasteiger partial charge in [-0.1, -0.05) is 90.0 Å². The van der Waals surface area contributed by atoms with E-state index in [0.717, 1.165) is 23.4 Å². The quantitative estimate of drug-likeness (QED) is 0.328. The zero-order valence-electron chi connectivity index (χ0n) is 17.1. The van der Waals surface area contributed by atoms with Crippen molar-refractivity contribution in [1.29, 1.82) is 0 Å². The lowest BCUT2D eigenvalue weighted by Crippen LogP contribution is -2.33. The summed E-state index contributed by atoms with van der Waals surface area (Å²) in [5.41, 5.74) is 1.39. The monoisotopic (exact) mass is 365 g/mol. The summed E-state index contributed by atoms with van der Waals surface area (Å²) in [5.74, 6) is 1.66. The number of halogens is 1. The molecular weight excluding hydrogens is 326 g/mol. The lowest BCUT2D eigenvalue weighted by Gasteiger charge is -2.30. The standard InChI is InChI=1S/C23H40ClN/c1-5-9-11-20(7-3)17-25(18-21(8-4)12-10-6-2)19-22-13-15-23(24)16-14-22/h13-16,20-21H,5-12,17-19H2,1-4H3. The molecule has 0 saturated carbocycles. The van der Waals surface area contributed by atoms with E-state index in [1.165, 1.54) is 70.0 Å². The minimum Gasteiger partial charge on any atom is -0.299 e. The van der Waals surface area contributed by atoms with Crippen LogP contribution in [0.4, 0.5) is 0 Å². The van der Waals surface area contributed by atoms with Crippen LogP contribution in [-0.4, -0.2) is 18.0 Å². The highest BCUT2D eigenvalue weighted by Gasteiger charge is 2.17. The van der Waals surface area contributed by atoms with Crippen molar-refractivity contribution in [1.82, 2.24) is 4.90 Å². The van der Waals surface area contributed by atoms with E-state index in [-0.39, 0.29) is 0 Å². The van der Waals surface area contributed by atoms with Crippen molar-refractivity contribution in [3.8, 4) is 0 Å². The average Bonchev–Trinajstić information content (AvgIpc) is 2.63. The summed E-state index contributed by atoms with van der Waals surface area (Å²) >= 11 is 6.06. The Morgan fingerprint density at radius 2 is 1.28 bits per heavy atom. The smallest absolute Gasteiger partial charge is 0.0406 e. The minimum absolute atomic E-state index is 0.830. The van der Waals surface area contributed by atoms with E-state index in [4.69, 9.17) is 11.6 Å². The molecule has 1 nitrogen and oxygen atoms in total. The summed E-state index contributed by atoms with van der Waals surface area (Å²) in [6, 6.07) is 8.43. The second-order valence-corrected chi connectivity index (χ2v) is 8.09. The van der Waals surface area contributed by atoms with E-state index in [9.17, 15) is 0 Å². The molecule has 0 aliphatic carbocycles. The van der Waals surface area contributed by atoms with Crippen LogP contribution in [0.25, 0.3) is 0 Å². The molecule has 2 atom stereocenters. The fourth-order valence-electron chi connectivity index (χ4n) is 3.62. The molecule has 1 aromatic rings. The highest BCUT2D eigenvalue weighted by Crippen LogP contribution is 2.21. The van der Waals surface area contributed by atoms with Crippen LogP contribution < -0.4 is 0 Å². The van der Waals surface area contributed by atoms with Crippen LogP contribution in [0.5, 0.6) is 0 Å². The number of rotatable bonds is 14. The Labute approximate surface area is 162 Å². The van der Waals surface area contributed by atoms with Crippen LogP contribution >= 0.6 is 11.6 Å². The van der Waals surface area contributed by atoms with E-state index in [1.54, 1.807) is 0 Å². The number of hydrogen-bond acceptors (Lipinski definition) is 1. The van der Waals surface area contributed by atoms with E-state index in [1.807, 2.05) is 12.1 Å². The van der Waals surface area contributed by atoms with Gasteiger partial charge in [0.2, 0.25) is 0 Å². The predicted molar refractivity (Wildman–Crippen MR) is 113 cm³/mol. The largest absolute Gasteiger partial charge is 0.299 e. The number of unbranched alkanes of at least 4 members (excludes halogenated alkanes) is 2. The molecule has 0 saturated heterocycles. The summed E-state index contributed by atoms with van der Waals surface area (Å²) in [6.07, 6.45) is 10.7. The van der Waals surface area contributed by atoms with Gasteiger partial charge in [0.15, 0.2) is 0 Å². The van der Waals surface area contributed by atoms with Gasteiger partial charge in [-0.3, -0.25) is 4.90 Å². The molecule has 0 spiro atoms. The molecule has 2 unspecified atom stereocenters. The summed E-state index contributed by atoms with van der Waals surface area (Å²) in [7, 11) is 0. The van der Waals surface area contributed by atoms with Gasteiger partial charge in [-0.05, 0) is 42.4 Å². The van der Waals surface area contributed by atoms with Crippen molar-refractivity contribution in [2.24, 2.45) is 11.8 Å². The molecule has 0 aromatic heterocycles. The van der Waals surface area contributed by atoms with Gasteiger partial charge in [0, 0.05) is 24.7 Å². The summed E-state index contributed by atoms with van der Waals surface area (Å²) in [5, 5.41) is 0.832. The molecule has 0 fully saturated rings. The fraction of sp³-hybridized carbons (Fsp3) is 0.739. The SMILES string of the molecule is CCCCC(CC)CN(Cc1ccc(Cl)cc1)CC(CC)CCCC. The second kappa shape index (κ2) is 13.6. The molecular formula is C23H40ClN. The van der Waals surface area contributed by atoms with Crippen molar-refractivity contribution in [2.45, 2.75) is 85.6 Å². The van der Waals surface area contributed by atoms with Crippen LogP contribution in [0.3, 0.4) is 0 Å². The molecule has 1 rings (SSSR count). The lowest BCUT2D eigenvalue weighted by molar-refractivity contribution is 0.174. The van der Waals surface area contributed by atoms with Crippen LogP contribution in [-0.2, 0) is 6.54 Å². The first-order valence-corrected chi connectivity index (χ1v) is 11.0. The van der Waals surface area contributed by atoms with Crippen LogP contribution in [0.15, 0.2) is 24.3 Å². The van der Waals surface area contributed by atoms with Crippen molar-refractivity contribution in [3.05, 3.63) is 34.9 Å². The van der Waals surface area contributed by atoms with Gasteiger partial charge in [0.25, 0.3) is 0 Å². The first kappa shape index (κ1) is 22.5. The van der Waals surface area contributed by atoms with E-state index >= 15 is 0 Å². The van der Waals surface area contributed by atoms with Crippen molar-refractivity contribution in [2.75, 3.05) is 13.1 Å². The third-order valence-corrected chi connectivity index (χ3v) is 5.69. The predicted octanol–water partition coefficient (Wildman–Crippen LogP) is 7.57. The lowest BCUT2D eigenvalue weighted by atomic mass is 9.95. The molecule has 25 heavy (non-hydrogen) atoms. The molecule has 0 aliphatic rings.